The predicted molar refractivity (Wildman–Crippen MR) is 99.1 cm³/mol. The van der Waals surface area contributed by atoms with Gasteiger partial charge in [-0.3, -0.25) is 4.90 Å². The van der Waals surface area contributed by atoms with Crippen molar-refractivity contribution in [2.75, 3.05) is 21.1 Å². The largest absolute Gasteiger partial charge is 0.324 e. The predicted octanol–water partition coefficient (Wildman–Crippen LogP) is 3.21. The molecule has 2 rings (SSSR count). The average Bonchev–Trinajstić information content (AvgIpc) is 2.49. The van der Waals surface area contributed by atoms with Crippen LogP contribution in [0.15, 0.2) is 47.5 Å². The molecule has 0 saturated heterocycles. The molecule has 0 bridgehead atoms. The van der Waals surface area contributed by atoms with Gasteiger partial charge >= 0.3 is 0 Å². The first kappa shape index (κ1) is 19.1. The summed E-state index contributed by atoms with van der Waals surface area (Å²) in [6.45, 7) is 1.15. The summed E-state index contributed by atoms with van der Waals surface area (Å²) < 4.78 is 28.0. The van der Waals surface area contributed by atoms with Crippen molar-refractivity contribution in [3.63, 3.8) is 0 Å². The SMILES string of the molecule is CN(Cc1cccc(Cl)c1)Cn1cc(S(=O)(=O)N(C)C)ccc1=S. The van der Waals surface area contributed by atoms with Crippen LogP contribution in [0.3, 0.4) is 0 Å². The van der Waals surface area contributed by atoms with Gasteiger partial charge in [-0.15, -0.1) is 0 Å². The summed E-state index contributed by atoms with van der Waals surface area (Å²) in [5.41, 5.74) is 1.08. The zero-order valence-electron chi connectivity index (χ0n) is 13.8. The lowest BCUT2D eigenvalue weighted by Crippen LogP contribution is -2.25. The van der Waals surface area contributed by atoms with Crippen LogP contribution in [0.4, 0.5) is 0 Å². The van der Waals surface area contributed by atoms with Gasteiger partial charge in [0.2, 0.25) is 10.0 Å². The van der Waals surface area contributed by atoms with Gasteiger partial charge in [0.05, 0.1) is 11.6 Å². The van der Waals surface area contributed by atoms with Gasteiger partial charge in [0.25, 0.3) is 0 Å². The maximum atomic E-state index is 12.3. The smallest absolute Gasteiger partial charge is 0.244 e. The minimum Gasteiger partial charge on any atom is -0.324 e. The van der Waals surface area contributed by atoms with Crippen LogP contribution in [-0.2, 0) is 23.2 Å². The quantitative estimate of drug-likeness (QED) is 0.716. The second kappa shape index (κ2) is 7.76. The second-order valence-electron chi connectivity index (χ2n) is 5.75. The van der Waals surface area contributed by atoms with E-state index in [0.717, 1.165) is 5.56 Å². The highest BCUT2D eigenvalue weighted by molar-refractivity contribution is 7.89. The van der Waals surface area contributed by atoms with Crippen LogP contribution in [0, 0.1) is 4.64 Å². The van der Waals surface area contributed by atoms with Crippen LogP contribution in [0.25, 0.3) is 0 Å². The summed E-state index contributed by atoms with van der Waals surface area (Å²) in [6.07, 6.45) is 1.58. The maximum Gasteiger partial charge on any atom is 0.244 e. The van der Waals surface area contributed by atoms with E-state index in [2.05, 4.69) is 0 Å². The fourth-order valence-corrected chi connectivity index (χ4v) is 3.55. The number of hydrogen-bond donors (Lipinski definition) is 0. The molecule has 0 amide bonds. The molecular weight excluding hydrogens is 366 g/mol. The Hall–Kier alpha value is -1.25. The lowest BCUT2D eigenvalue weighted by Gasteiger charge is -2.20. The van der Waals surface area contributed by atoms with Crippen LogP contribution in [0.5, 0.6) is 0 Å². The van der Waals surface area contributed by atoms with Crippen LogP contribution in [0.1, 0.15) is 5.56 Å². The molecule has 0 N–H and O–H groups in total. The zero-order valence-corrected chi connectivity index (χ0v) is 16.2. The molecule has 0 unspecified atom stereocenters. The van der Waals surface area contributed by atoms with Crippen LogP contribution >= 0.6 is 23.8 Å². The third-order valence-corrected chi connectivity index (χ3v) is 5.87. The lowest BCUT2D eigenvalue weighted by molar-refractivity contribution is 0.257. The Morgan fingerprint density at radius 1 is 1.17 bits per heavy atom. The topological polar surface area (TPSA) is 45.6 Å². The molecule has 0 fully saturated rings. The van der Waals surface area contributed by atoms with Crippen molar-refractivity contribution >= 4 is 33.8 Å². The van der Waals surface area contributed by atoms with E-state index in [9.17, 15) is 8.42 Å². The number of halogens is 1. The second-order valence-corrected chi connectivity index (χ2v) is 8.75. The zero-order chi connectivity index (χ0) is 17.9. The van der Waals surface area contributed by atoms with Crippen molar-refractivity contribution in [2.24, 2.45) is 0 Å². The first-order chi connectivity index (χ1) is 11.2. The molecule has 0 saturated carbocycles. The number of rotatable bonds is 6. The Morgan fingerprint density at radius 2 is 1.88 bits per heavy atom. The summed E-state index contributed by atoms with van der Waals surface area (Å²) in [6, 6.07) is 10.8. The summed E-state index contributed by atoms with van der Waals surface area (Å²) in [7, 11) is 1.47. The molecule has 1 aromatic carbocycles. The van der Waals surface area contributed by atoms with Crippen LogP contribution in [0.2, 0.25) is 5.02 Å². The Kier molecular flexibility index (Phi) is 6.17. The summed E-state index contributed by atoms with van der Waals surface area (Å²) in [5, 5.41) is 0.691. The molecule has 0 aliphatic carbocycles. The average molecular weight is 386 g/mol. The van der Waals surface area contributed by atoms with Gasteiger partial charge < -0.3 is 4.57 Å². The number of benzene rings is 1. The minimum absolute atomic E-state index is 0.220. The molecule has 0 aliphatic heterocycles. The fraction of sp³-hybridized carbons (Fsp3) is 0.312. The van der Waals surface area contributed by atoms with Crippen molar-refractivity contribution in [2.45, 2.75) is 18.1 Å². The highest BCUT2D eigenvalue weighted by atomic mass is 35.5. The van der Waals surface area contributed by atoms with Gasteiger partial charge in [-0.05, 0) is 36.9 Å². The van der Waals surface area contributed by atoms with E-state index in [1.54, 1.807) is 16.8 Å². The van der Waals surface area contributed by atoms with E-state index >= 15 is 0 Å². The normalized spacial score (nSPS) is 12.1. The van der Waals surface area contributed by atoms with E-state index < -0.39 is 10.0 Å². The molecule has 24 heavy (non-hydrogen) atoms. The number of nitrogens with zero attached hydrogens (tertiary/aromatic N) is 3. The van der Waals surface area contributed by atoms with Gasteiger partial charge in [-0.2, -0.15) is 0 Å². The van der Waals surface area contributed by atoms with Crippen LogP contribution in [-0.4, -0.2) is 43.3 Å². The molecule has 5 nitrogen and oxygen atoms in total. The molecule has 8 heteroatoms. The number of aromatic nitrogens is 1. The monoisotopic (exact) mass is 385 g/mol. The minimum atomic E-state index is -3.49. The van der Waals surface area contributed by atoms with E-state index in [1.165, 1.54) is 24.5 Å². The molecule has 0 spiro atoms. The molecule has 0 aliphatic rings. The van der Waals surface area contributed by atoms with Crippen molar-refractivity contribution in [1.82, 2.24) is 13.8 Å². The molecule has 130 valence electrons. The third kappa shape index (κ3) is 4.64. The molecule has 1 aromatic heterocycles. The Balaban J connectivity index is 2.21. The van der Waals surface area contributed by atoms with E-state index in [4.69, 9.17) is 23.8 Å². The highest BCUT2D eigenvalue weighted by Gasteiger charge is 2.17. The number of pyridine rings is 1. The van der Waals surface area contributed by atoms with Gasteiger partial charge in [0.1, 0.15) is 4.64 Å². The van der Waals surface area contributed by atoms with Gasteiger partial charge in [0, 0.05) is 31.9 Å². The summed E-state index contributed by atoms with van der Waals surface area (Å²) in [5.74, 6) is 0. The standard InChI is InChI=1S/C16H20ClN3O2S2/c1-18(2)24(21,22)15-7-8-16(23)20(11-15)12-19(3)10-13-5-4-6-14(17)9-13/h4-9,11H,10,12H2,1-3H3. The molecule has 0 atom stereocenters. The first-order valence-electron chi connectivity index (χ1n) is 7.26. The molecule has 2 aromatic rings. The van der Waals surface area contributed by atoms with Crippen molar-refractivity contribution in [1.29, 1.82) is 0 Å². The Morgan fingerprint density at radius 3 is 2.50 bits per heavy atom. The molecule has 0 radical (unpaired) electrons. The molecular formula is C16H20ClN3O2S2. The number of sulfonamides is 1. The van der Waals surface area contributed by atoms with Crippen molar-refractivity contribution in [3.8, 4) is 0 Å². The number of hydrogen-bond acceptors (Lipinski definition) is 4. The van der Waals surface area contributed by atoms with Gasteiger partial charge in [-0.1, -0.05) is 36.0 Å². The Labute approximate surface area is 153 Å². The van der Waals surface area contributed by atoms with Crippen molar-refractivity contribution in [3.05, 3.63) is 57.8 Å². The van der Waals surface area contributed by atoms with Gasteiger partial charge in [-0.25, -0.2) is 12.7 Å². The summed E-state index contributed by atoms with van der Waals surface area (Å²) in [4.78, 5) is 2.25. The first-order valence-corrected chi connectivity index (χ1v) is 9.49. The van der Waals surface area contributed by atoms with Crippen LogP contribution < -0.4 is 0 Å². The van der Waals surface area contributed by atoms with E-state index in [0.29, 0.717) is 22.9 Å². The van der Waals surface area contributed by atoms with E-state index in [-0.39, 0.29) is 4.90 Å². The highest BCUT2D eigenvalue weighted by Crippen LogP contribution is 2.15. The maximum absolute atomic E-state index is 12.3. The van der Waals surface area contributed by atoms with Crippen molar-refractivity contribution < 1.29 is 8.42 Å². The lowest BCUT2D eigenvalue weighted by atomic mass is 10.2. The van der Waals surface area contributed by atoms with E-state index in [1.807, 2.05) is 36.2 Å². The van der Waals surface area contributed by atoms with Gasteiger partial charge in [0.15, 0.2) is 0 Å². The Bertz CT molecular complexity index is 879. The molecule has 1 heterocycles. The third-order valence-electron chi connectivity index (χ3n) is 3.47. The summed E-state index contributed by atoms with van der Waals surface area (Å²) >= 11 is 11.3. The fourth-order valence-electron chi connectivity index (χ4n) is 2.24.